The van der Waals surface area contributed by atoms with E-state index in [0.717, 1.165) is 37.8 Å². The molecule has 0 aromatic rings. The first-order chi connectivity index (χ1) is 6.15. The lowest BCUT2D eigenvalue weighted by molar-refractivity contribution is -0.126. The molecule has 2 nitrogen and oxygen atoms in total. The van der Waals surface area contributed by atoms with Crippen LogP contribution in [0.3, 0.4) is 0 Å². The van der Waals surface area contributed by atoms with Gasteiger partial charge in [-0.1, -0.05) is 13.8 Å². The Labute approximate surface area is 80.3 Å². The Morgan fingerprint density at radius 2 is 2.00 bits per heavy atom. The molecule has 0 radical (unpaired) electrons. The molecule has 1 fully saturated rings. The summed E-state index contributed by atoms with van der Waals surface area (Å²) in [5.41, 5.74) is 0. The Hall–Kier alpha value is -0.970. The van der Waals surface area contributed by atoms with Crippen LogP contribution >= 0.6 is 0 Å². The lowest BCUT2D eigenvalue weighted by Gasteiger charge is -2.32. The number of hydrogen-bond acceptors (Lipinski definition) is 1. The second-order valence-corrected chi connectivity index (χ2v) is 4.02. The Bertz CT molecular complexity index is 219. The zero-order valence-electron chi connectivity index (χ0n) is 8.42. The molecule has 0 spiro atoms. The minimum Gasteiger partial charge on any atom is -0.332 e. The SMILES string of the molecule is C#CC(=O)N1CCC(C(C)C)CC1. The van der Waals surface area contributed by atoms with E-state index in [1.807, 2.05) is 0 Å². The number of hydrogen-bond donors (Lipinski definition) is 0. The van der Waals surface area contributed by atoms with Gasteiger partial charge in [0.25, 0.3) is 5.91 Å². The van der Waals surface area contributed by atoms with Crippen LogP contribution in [-0.4, -0.2) is 23.9 Å². The van der Waals surface area contributed by atoms with E-state index >= 15 is 0 Å². The van der Waals surface area contributed by atoms with Crippen LogP contribution in [0.25, 0.3) is 0 Å². The van der Waals surface area contributed by atoms with E-state index in [-0.39, 0.29) is 5.91 Å². The molecule has 1 amide bonds. The maximum atomic E-state index is 11.1. The largest absolute Gasteiger partial charge is 0.332 e. The van der Waals surface area contributed by atoms with E-state index in [2.05, 4.69) is 19.8 Å². The first-order valence-electron chi connectivity index (χ1n) is 4.90. The average molecular weight is 179 g/mol. The molecule has 1 rings (SSSR count). The number of likely N-dealkylation sites (tertiary alicyclic amines) is 1. The number of nitrogens with zero attached hydrogens (tertiary/aromatic N) is 1. The van der Waals surface area contributed by atoms with Gasteiger partial charge in [-0.05, 0) is 30.6 Å². The molecule has 1 heterocycles. The molecule has 0 saturated carbocycles. The van der Waals surface area contributed by atoms with Crippen molar-refractivity contribution in [2.75, 3.05) is 13.1 Å². The smallest absolute Gasteiger partial charge is 0.298 e. The van der Waals surface area contributed by atoms with Crippen molar-refractivity contribution in [2.24, 2.45) is 11.8 Å². The van der Waals surface area contributed by atoms with E-state index in [9.17, 15) is 4.79 Å². The van der Waals surface area contributed by atoms with Crippen LogP contribution in [0.15, 0.2) is 0 Å². The molecule has 0 aromatic heterocycles. The van der Waals surface area contributed by atoms with Gasteiger partial charge in [0.1, 0.15) is 0 Å². The summed E-state index contributed by atoms with van der Waals surface area (Å²) < 4.78 is 0. The maximum absolute atomic E-state index is 11.1. The molecule has 0 unspecified atom stereocenters. The van der Waals surface area contributed by atoms with E-state index in [1.54, 1.807) is 4.90 Å². The molecule has 13 heavy (non-hydrogen) atoms. The van der Waals surface area contributed by atoms with Gasteiger partial charge in [-0.25, -0.2) is 0 Å². The number of piperidine rings is 1. The summed E-state index contributed by atoms with van der Waals surface area (Å²) >= 11 is 0. The van der Waals surface area contributed by atoms with Gasteiger partial charge in [0.2, 0.25) is 0 Å². The summed E-state index contributed by atoms with van der Waals surface area (Å²) in [7, 11) is 0. The van der Waals surface area contributed by atoms with Crippen LogP contribution in [0.5, 0.6) is 0 Å². The quantitative estimate of drug-likeness (QED) is 0.559. The average Bonchev–Trinajstić information content (AvgIpc) is 2.17. The first kappa shape index (κ1) is 10.1. The molecule has 0 bridgehead atoms. The normalized spacial score (nSPS) is 18.8. The predicted molar refractivity (Wildman–Crippen MR) is 53.0 cm³/mol. The summed E-state index contributed by atoms with van der Waals surface area (Å²) in [6.07, 6.45) is 7.26. The summed E-state index contributed by atoms with van der Waals surface area (Å²) in [6, 6.07) is 0. The van der Waals surface area contributed by atoms with E-state index in [1.165, 1.54) is 0 Å². The minimum absolute atomic E-state index is 0.151. The molecule has 2 heteroatoms. The minimum atomic E-state index is -0.151. The van der Waals surface area contributed by atoms with Crippen molar-refractivity contribution in [3.05, 3.63) is 0 Å². The van der Waals surface area contributed by atoms with Gasteiger partial charge in [-0.15, -0.1) is 6.42 Å². The molecule has 1 aliphatic rings. The fourth-order valence-corrected chi connectivity index (χ4v) is 1.86. The zero-order valence-corrected chi connectivity index (χ0v) is 8.42. The third-order valence-electron chi connectivity index (χ3n) is 2.89. The van der Waals surface area contributed by atoms with Crippen molar-refractivity contribution >= 4 is 5.91 Å². The van der Waals surface area contributed by atoms with Crippen LogP contribution < -0.4 is 0 Å². The molecule has 1 saturated heterocycles. The molecule has 72 valence electrons. The number of carbonyl (C=O) groups excluding carboxylic acids is 1. The highest BCUT2D eigenvalue weighted by molar-refractivity contribution is 5.92. The summed E-state index contributed by atoms with van der Waals surface area (Å²) in [5.74, 6) is 3.51. The summed E-state index contributed by atoms with van der Waals surface area (Å²) in [4.78, 5) is 12.9. The molecule has 0 atom stereocenters. The van der Waals surface area contributed by atoms with Crippen LogP contribution in [0, 0.1) is 24.2 Å². The molecule has 0 aliphatic carbocycles. The van der Waals surface area contributed by atoms with Crippen molar-refractivity contribution < 1.29 is 4.79 Å². The highest BCUT2D eigenvalue weighted by Gasteiger charge is 2.23. The van der Waals surface area contributed by atoms with E-state index in [4.69, 9.17) is 6.42 Å². The Morgan fingerprint density at radius 1 is 1.46 bits per heavy atom. The lowest BCUT2D eigenvalue weighted by atomic mass is 9.87. The Balaban J connectivity index is 2.40. The molecule has 1 aliphatic heterocycles. The van der Waals surface area contributed by atoms with Crippen LogP contribution in [-0.2, 0) is 4.79 Å². The molecular weight excluding hydrogens is 162 g/mol. The van der Waals surface area contributed by atoms with Crippen LogP contribution in [0.2, 0.25) is 0 Å². The Morgan fingerprint density at radius 3 is 2.38 bits per heavy atom. The second-order valence-electron chi connectivity index (χ2n) is 4.02. The molecule has 0 aromatic carbocycles. The zero-order chi connectivity index (χ0) is 9.84. The van der Waals surface area contributed by atoms with Crippen molar-refractivity contribution in [3.63, 3.8) is 0 Å². The van der Waals surface area contributed by atoms with Gasteiger partial charge in [0, 0.05) is 13.1 Å². The van der Waals surface area contributed by atoms with Gasteiger partial charge in [0.15, 0.2) is 0 Å². The van der Waals surface area contributed by atoms with Crippen LogP contribution in [0.1, 0.15) is 26.7 Å². The van der Waals surface area contributed by atoms with Gasteiger partial charge in [-0.2, -0.15) is 0 Å². The van der Waals surface area contributed by atoms with Gasteiger partial charge in [-0.3, -0.25) is 4.79 Å². The number of carbonyl (C=O) groups is 1. The maximum Gasteiger partial charge on any atom is 0.298 e. The van der Waals surface area contributed by atoms with Gasteiger partial charge >= 0.3 is 0 Å². The fourth-order valence-electron chi connectivity index (χ4n) is 1.86. The van der Waals surface area contributed by atoms with E-state index in [0.29, 0.717) is 0 Å². The molecular formula is C11H17NO. The van der Waals surface area contributed by atoms with Gasteiger partial charge < -0.3 is 4.90 Å². The van der Waals surface area contributed by atoms with Crippen molar-refractivity contribution in [3.8, 4) is 12.3 Å². The standard InChI is InChI=1S/C11H17NO/c1-4-11(13)12-7-5-10(6-8-12)9(2)3/h1,9-10H,5-8H2,2-3H3. The number of rotatable bonds is 1. The second kappa shape index (κ2) is 4.32. The number of amides is 1. The topological polar surface area (TPSA) is 20.3 Å². The van der Waals surface area contributed by atoms with E-state index < -0.39 is 0 Å². The lowest BCUT2D eigenvalue weighted by Crippen LogP contribution is -2.38. The van der Waals surface area contributed by atoms with Gasteiger partial charge in [0.05, 0.1) is 0 Å². The fraction of sp³-hybridized carbons (Fsp3) is 0.727. The monoisotopic (exact) mass is 179 g/mol. The Kier molecular flexibility index (Phi) is 3.36. The highest BCUT2D eigenvalue weighted by Crippen LogP contribution is 2.24. The van der Waals surface area contributed by atoms with Crippen LogP contribution in [0.4, 0.5) is 0 Å². The van der Waals surface area contributed by atoms with Crippen molar-refractivity contribution in [2.45, 2.75) is 26.7 Å². The highest BCUT2D eigenvalue weighted by atomic mass is 16.2. The number of terminal acetylenes is 1. The van der Waals surface area contributed by atoms with Crippen molar-refractivity contribution in [1.82, 2.24) is 4.90 Å². The predicted octanol–water partition coefficient (Wildman–Crippen LogP) is 1.51. The summed E-state index contributed by atoms with van der Waals surface area (Å²) in [6.45, 7) is 6.16. The molecule has 0 N–H and O–H groups in total. The third kappa shape index (κ3) is 2.48. The first-order valence-corrected chi connectivity index (χ1v) is 4.90. The summed E-state index contributed by atoms with van der Waals surface area (Å²) in [5, 5.41) is 0. The third-order valence-corrected chi connectivity index (χ3v) is 2.89. The van der Waals surface area contributed by atoms with Crippen molar-refractivity contribution in [1.29, 1.82) is 0 Å².